The Morgan fingerprint density at radius 1 is 1.05 bits per heavy atom. The highest BCUT2D eigenvalue weighted by atomic mass is 32.2. The van der Waals surface area contributed by atoms with Gasteiger partial charge in [-0.1, -0.05) is 6.07 Å². The summed E-state index contributed by atoms with van der Waals surface area (Å²) in [5.74, 6) is 0. The largest absolute Gasteiger partial charge is 0.328 e. The Kier molecular flexibility index (Phi) is 3.39. The molecule has 3 rings (SSSR count). The predicted molar refractivity (Wildman–Crippen MR) is 79.0 cm³/mol. The first kappa shape index (κ1) is 14.0. The fourth-order valence-corrected chi connectivity index (χ4v) is 5.85. The fraction of sp³-hybridized carbons (Fsp3) is 0.600. The Morgan fingerprint density at radius 2 is 1.55 bits per heavy atom. The van der Waals surface area contributed by atoms with Crippen LogP contribution in [-0.4, -0.2) is 30.8 Å². The van der Waals surface area contributed by atoms with Gasteiger partial charge in [-0.15, -0.1) is 0 Å². The Balaban J connectivity index is 2.00. The SMILES string of the molecule is Cc1cc(C)cc(S(=O)(=O)N2C3CCC2CC(N)C3)c1. The van der Waals surface area contributed by atoms with E-state index in [1.165, 1.54) is 0 Å². The van der Waals surface area contributed by atoms with Crippen molar-refractivity contribution in [1.82, 2.24) is 4.31 Å². The topological polar surface area (TPSA) is 63.4 Å². The molecule has 2 aliphatic heterocycles. The Labute approximate surface area is 121 Å². The number of fused-ring (bicyclic) bond motifs is 2. The van der Waals surface area contributed by atoms with Crippen molar-refractivity contribution in [2.75, 3.05) is 0 Å². The lowest BCUT2D eigenvalue weighted by molar-refractivity contribution is 0.227. The molecule has 2 heterocycles. The van der Waals surface area contributed by atoms with Crippen LogP contribution >= 0.6 is 0 Å². The van der Waals surface area contributed by atoms with Crippen molar-refractivity contribution in [2.45, 2.75) is 62.6 Å². The highest BCUT2D eigenvalue weighted by Gasteiger charge is 2.46. The van der Waals surface area contributed by atoms with Crippen LogP contribution in [0.15, 0.2) is 23.1 Å². The lowest BCUT2D eigenvalue weighted by Gasteiger charge is -2.36. The molecule has 110 valence electrons. The number of nitrogens with zero attached hydrogens (tertiary/aromatic N) is 1. The minimum atomic E-state index is -3.39. The number of piperidine rings is 1. The van der Waals surface area contributed by atoms with Gasteiger partial charge in [0.15, 0.2) is 0 Å². The summed E-state index contributed by atoms with van der Waals surface area (Å²) in [6, 6.07) is 5.88. The van der Waals surface area contributed by atoms with Gasteiger partial charge in [-0.05, 0) is 62.8 Å². The van der Waals surface area contributed by atoms with E-state index in [1.54, 1.807) is 16.4 Å². The number of hydrogen-bond donors (Lipinski definition) is 1. The van der Waals surface area contributed by atoms with Gasteiger partial charge in [0.05, 0.1) is 4.90 Å². The maximum atomic E-state index is 12.9. The molecular formula is C15H22N2O2S. The summed E-state index contributed by atoms with van der Waals surface area (Å²) in [5.41, 5.74) is 8.01. The van der Waals surface area contributed by atoms with E-state index in [9.17, 15) is 8.42 Å². The summed E-state index contributed by atoms with van der Waals surface area (Å²) in [6.07, 6.45) is 3.48. The fourth-order valence-electron chi connectivity index (χ4n) is 3.77. The van der Waals surface area contributed by atoms with Crippen molar-refractivity contribution in [3.63, 3.8) is 0 Å². The second-order valence-electron chi connectivity index (χ2n) is 6.27. The second kappa shape index (κ2) is 4.83. The molecule has 1 aromatic rings. The first-order valence-corrected chi connectivity index (χ1v) is 8.69. The molecule has 0 spiro atoms. The number of aryl methyl sites for hydroxylation is 2. The average molecular weight is 294 g/mol. The van der Waals surface area contributed by atoms with Gasteiger partial charge in [0, 0.05) is 18.1 Å². The Morgan fingerprint density at radius 3 is 2.05 bits per heavy atom. The van der Waals surface area contributed by atoms with E-state index in [0.717, 1.165) is 36.8 Å². The third kappa shape index (κ3) is 2.28. The van der Waals surface area contributed by atoms with Crippen LogP contribution in [0.5, 0.6) is 0 Å². The monoisotopic (exact) mass is 294 g/mol. The Hall–Kier alpha value is -0.910. The van der Waals surface area contributed by atoms with Crippen molar-refractivity contribution >= 4 is 10.0 Å². The first-order chi connectivity index (χ1) is 9.38. The van der Waals surface area contributed by atoms with Crippen LogP contribution in [0.25, 0.3) is 0 Å². The van der Waals surface area contributed by atoms with E-state index in [2.05, 4.69) is 0 Å². The normalized spacial score (nSPS) is 30.6. The van der Waals surface area contributed by atoms with Gasteiger partial charge >= 0.3 is 0 Å². The molecule has 0 aliphatic carbocycles. The van der Waals surface area contributed by atoms with Gasteiger partial charge in [-0.2, -0.15) is 4.31 Å². The van der Waals surface area contributed by atoms with Crippen molar-refractivity contribution in [3.05, 3.63) is 29.3 Å². The van der Waals surface area contributed by atoms with Gasteiger partial charge < -0.3 is 5.73 Å². The van der Waals surface area contributed by atoms with Gasteiger partial charge in [0.25, 0.3) is 0 Å². The summed E-state index contributed by atoms with van der Waals surface area (Å²) in [4.78, 5) is 0.433. The van der Waals surface area contributed by atoms with Crippen molar-refractivity contribution in [3.8, 4) is 0 Å². The maximum Gasteiger partial charge on any atom is 0.243 e. The summed E-state index contributed by atoms with van der Waals surface area (Å²) < 4.78 is 27.6. The van der Waals surface area contributed by atoms with Crippen LogP contribution < -0.4 is 5.73 Å². The lowest BCUT2D eigenvalue weighted by Crippen LogP contribution is -2.49. The van der Waals surface area contributed by atoms with Crippen LogP contribution in [0.3, 0.4) is 0 Å². The lowest BCUT2D eigenvalue weighted by atomic mass is 10.0. The third-order valence-electron chi connectivity index (χ3n) is 4.47. The maximum absolute atomic E-state index is 12.9. The zero-order valence-corrected chi connectivity index (χ0v) is 12.9. The van der Waals surface area contributed by atoms with Crippen molar-refractivity contribution < 1.29 is 8.42 Å². The molecule has 2 bridgehead atoms. The highest BCUT2D eigenvalue weighted by molar-refractivity contribution is 7.89. The number of rotatable bonds is 2. The molecular weight excluding hydrogens is 272 g/mol. The van der Waals surface area contributed by atoms with E-state index in [1.807, 2.05) is 19.9 Å². The summed E-state index contributed by atoms with van der Waals surface area (Å²) in [6.45, 7) is 3.87. The molecule has 1 aromatic carbocycles. The predicted octanol–water partition coefficient (Wildman–Crippen LogP) is 1.95. The van der Waals surface area contributed by atoms with E-state index < -0.39 is 10.0 Å². The van der Waals surface area contributed by atoms with Crippen molar-refractivity contribution in [1.29, 1.82) is 0 Å². The molecule has 0 radical (unpaired) electrons. The molecule has 2 N–H and O–H groups in total. The number of sulfonamides is 1. The van der Waals surface area contributed by atoms with Gasteiger partial charge in [-0.25, -0.2) is 8.42 Å². The number of hydrogen-bond acceptors (Lipinski definition) is 3. The molecule has 2 fully saturated rings. The molecule has 2 aliphatic rings. The molecule has 4 nitrogen and oxygen atoms in total. The quantitative estimate of drug-likeness (QED) is 0.906. The molecule has 5 heteroatoms. The molecule has 2 saturated heterocycles. The van der Waals surface area contributed by atoms with Crippen LogP contribution in [0, 0.1) is 13.8 Å². The standard InChI is InChI=1S/C15H22N2O2S/c1-10-5-11(2)7-15(6-10)20(18,19)17-13-3-4-14(17)9-12(16)8-13/h5-7,12-14H,3-4,8-9,16H2,1-2H3. The van der Waals surface area contributed by atoms with Crippen LogP contribution in [0.4, 0.5) is 0 Å². The van der Waals surface area contributed by atoms with E-state index in [0.29, 0.717) is 4.90 Å². The van der Waals surface area contributed by atoms with Gasteiger partial charge in [-0.3, -0.25) is 0 Å². The molecule has 0 aromatic heterocycles. The van der Waals surface area contributed by atoms with Gasteiger partial charge in [0.1, 0.15) is 0 Å². The molecule has 20 heavy (non-hydrogen) atoms. The molecule has 2 atom stereocenters. The van der Waals surface area contributed by atoms with Crippen LogP contribution in [0.2, 0.25) is 0 Å². The summed E-state index contributed by atoms with van der Waals surface area (Å²) in [5, 5.41) is 0. The zero-order valence-electron chi connectivity index (χ0n) is 12.0. The third-order valence-corrected chi connectivity index (χ3v) is 6.46. The molecule has 2 unspecified atom stereocenters. The number of benzene rings is 1. The average Bonchev–Trinajstić information content (AvgIpc) is 2.62. The second-order valence-corrected chi connectivity index (χ2v) is 8.12. The molecule has 0 amide bonds. The molecule has 0 saturated carbocycles. The number of nitrogens with two attached hydrogens (primary N) is 1. The minimum Gasteiger partial charge on any atom is -0.328 e. The van der Waals surface area contributed by atoms with Crippen molar-refractivity contribution in [2.24, 2.45) is 5.73 Å². The highest BCUT2D eigenvalue weighted by Crippen LogP contribution is 2.39. The van der Waals surface area contributed by atoms with Crippen LogP contribution in [0.1, 0.15) is 36.8 Å². The van der Waals surface area contributed by atoms with E-state index >= 15 is 0 Å². The summed E-state index contributed by atoms with van der Waals surface area (Å²) in [7, 11) is -3.39. The van der Waals surface area contributed by atoms with E-state index in [-0.39, 0.29) is 18.1 Å². The smallest absolute Gasteiger partial charge is 0.243 e. The first-order valence-electron chi connectivity index (χ1n) is 7.25. The summed E-state index contributed by atoms with van der Waals surface area (Å²) >= 11 is 0. The van der Waals surface area contributed by atoms with Crippen LogP contribution in [-0.2, 0) is 10.0 Å². The minimum absolute atomic E-state index is 0.0922. The zero-order chi connectivity index (χ0) is 14.5. The van der Waals surface area contributed by atoms with E-state index in [4.69, 9.17) is 5.73 Å². The Bertz CT molecular complexity index is 593. The van der Waals surface area contributed by atoms with Gasteiger partial charge in [0.2, 0.25) is 10.0 Å².